The summed E-state index contributed by atoms with van der Waals surface area (Å²) in [6.07, 6.45) is 0. The van der Waals surface area contributed by atoms with Crippen molar-refractivity contribution >= 4 is 11.6 Å². The van der Waals surface area contributed by atoms with Crippen LogP contribution in [0.1, 0.15) is 5.56 Å². The van der Waals surface area contributed by atoms with Crippen molar-refractivity contribution in [2.24, 2.45) is 0 Å². The Bertz CT molecular complexity index is 1150. The summed E-state index contributed by atoms with van der Waals surface area (Å²) < 4.78 is 20.3. The molecule has 0 saturated carbocycles. The van der Waals surface area contributed by atoms with Crippen LogP contribution in [-0.2, 0) is 6.54 Å². The SMILES string of the molecule is O=c1ccc(-c2nc(-c3ccc(Cl)cc3)no2)nn1Cc1ccccc1F. The highest BCUT2D eigenvalue weighted by atomic mass is 35.5. The lowest BCUT2D eigenvalue weighted by Crippen LogP contribution is -2.23. The van der Waals surface area contributed by atoms with E-state index in [0.29, 0.717) is 22.1 Å². The zero-order chi connectivity index (χ0) is 18.8. The number of benzene rings is 2. The van der Waals surface area contributed by atoms with Crippen molar-refractivity contribution in [1.29, 1.82) is 0 Å². The smallest absolute Gasteiger partial charge is 0.278 e. The molecule has 6 nitrogen and oxygen atoms in total. The topological polar surface area (TPSA) is 73.8 Å². The van der Waals surface area contributed by atoms with Gasteiger partial charge < -0.3 is 4.52 Å². The minimum atomic E-state index is -0.403. The summed E-state index contributed by atoms with van der Waals surface area (Å²) >= 11 is 5.88. The molecule has 0 saturated heterocycles. The van der Waals surface area contributed by atoms with E-state index in [1.165, 1.54) is 18.2 Å². The highest BCUT2D eigenvalue weighted by Crippen LogP contribution is 2.22. The van der Waals surface area contributed by atoms with Gasteiger partial charge in [-0.2, -0.15) is 10.1 Å². The molecule has 2 aromatic heterocycles. The Morgan fingerprint density at radius 1 is 1.04 bits per heavy atom. The van der Waals surface area contributed by atoms with Crippen LogP contribution in [0.15, 0.2) is 70.0 Å². The van der Waals surface area contributed by atoms with Crippen molar-refractivity contribution in [2.45, 2.75) is 6.54 Å². The summed E-state index contributed by atoms with van der Waals surface area (Å²) in [5, 5.41) is 8.75. The van der Waals surface area contributed by atoms with Crippen LogP contribution in [0.3, 0.4) is 0 Å². The predicted octanol–water partition coefficient (Wildman–Crippen LogP) is 3.80. The molecule has 0 bridgehead atoms. The molecule has 0 unspecified atom stereocenters. The van der Waals surface area contributed by atoms with E-state index in [9.17, 15) is 9.18 Å². The summed E-state index contributed by atoms with van der Waals surface area (Å²) in [7, 11) is 0. The van der Waals surface area contributed by atoms with Gasteiger partial charge in [-0.3, -0.25) is 4.79 Å². The molecule has 2 heterocycles. The van der Waals surface area contributed by atoms with Gasteiger partial charge in [0.1, 0.15) is 11.5 Å². The first kappa shape index (κ1) is 17.1. The molecular formula is C19H12ClFN4O2. The maximum Gasteiger partial charge on any atom is 0.278 e. The highest BCUT2D eigenvalue weighted by molar-refractivity contribution is 6.30. The van der Waals surface area contributed by atoms with Gasteiger partial charge in [-0.25, -0.2) is 9.07 Å². The Morgan fingerprint density at radius 2 is 1.81 bits per heavy atom. The minimum Gasteiger partial charge on any atom is -0.332 e. The molecule has 2 aromatic carbocycles. The Hall–Kier alpha value is -3.32. The van der Waals surface area contributed by atoms with E-state index < -0.39 is 5.82 Å². The number of hydrogen-bond acceptors (Lipinski definition) is 5. The average molecular weight is 383 g/mol. The van der Waals surface area contributed by atoms with Gasteiger partial charge in [-0.15, -0.1) is 0 Å². The van der Waals surface area contributed by atoms with Gasteiger partial charge in [-0.1, -0.05) is 35.0 Å². The lowest BCUT2D eigenvalue weighted by atomic mass is 10.2. The van der Waals surface area contributed by atoms with Gasteiger partial charge >= 0.3 is 0 Å². The summed E-state index contributed by atoms with van der Waals surface area (Å²) in [4.78, 5) is 16.4. The number of halogens is 2. The van der Waals surface area contributed by atoms with Crippen LogP contribution < -0.4 is 5.56 Å². The maximum absolute atomic E-state index is 13.9. The van der Waals surface area contributed by atoms with Crippen molar-refractivity contribution in [1.82, 2.24) is 19.9 Å². The number of rotatable bonds is 4. The van der Waals surface area contributed by atoms with E-state index >= 15 is 0 Å². The van der Waals surface area contributed by atoms with Gasteiger partial charge in [0.05, 0.1) is 6.54 Å². The van der Waals surface area contributed by atoms with Crippen molar-refractivity contribution in [3.63, 3.8) is 0 Å². The second-order valence-corrected chi connectivity index (χ2v) is 6.17. The van der Waals surface area contributed by atoms with Gasteiger partial charge in [0.2, 0.25) is 5.82 Å². The van der Waals surface area contributed by atoms with E-state index in [4.69, 9.17) is 16.1 Å². The fourth-order valence-corrected chi connectivity index (χ4v) is 2.63. The monoisotopic (exact) mass is 382 g/mol. The Morgan fingerprint density at radius 3 is 2.59 bits per heavy atom. The Balaban J connectivity index is 1.66. The van der Waals surface area contributed by atoms with E-state index in [1.807, 2.05) is 0 Å². The molecule has 134 valence electrons. The fraction of sp³-hybridized carbons (Fsp3) is 0.0526. The van der Waals surface area contributed by atoms with Gasteiger partial charge in [0.25, 0.3) is 11.4 Å². The van der Waals surface area contributed by atoms with Crippen LogP contribution in [0, 0.1) is 5.82 Å². The quantitative estimate of drug-likeness (QED) is 0.536. The van der Waals surface area contributed by atoms with Crippen LogP contribution in [0.2, 0.25) is 5.02 Å². The molecule has 0 fully saturated rings. The second-order valence-electron chi connectivity index (χ2n) is 5.74. The van der Waals surface area contributed by atoms with Crippen LogP contribution in [0.4, 0.5) is 4.39 Å². The molecular weight excluding hydrogens is 371 g/mol. The van der Waals surface area contributed by atoms with E-state index in [0.717, 1.165) is 10.2 Å². The number of hydrogen-bond donors (Lipinski definition) is 0. The van der Waals surface area contributed by atoms with Crippen LogP contribution >= 0.6 is 11.6 Å². The molecule has 0 aliphatic heterocycles. The molecule has 0 atom stereocenters. The summed E-state index contributed by atoms with van der Waals surface area (Å²) in [5.74, 6) is 0.122. The third kappa shape index (κ3) is 3.63. The molecule has 0 radical (unpaired) electrons. The first-order chi connectivity index (χ1) is 13.1. The van der Waals surface area contributed by atoms with Gasteiger partial charge in [-0.05, 0) is 36.4 Å². The predicted molar refractivity (Wildman–Crippen MR) is 97.7 cm³/mol. The summed E-state index contributed by atoms with van der Waals surface area (Å²) in [6, 6.07) is 16.0. The molecule has 0 N–H and O–H groups in total. The maximum atomic E-state index is 13.9. The molecule has 0 aliphatic rings. The van der Waals surface area contributed by atoms with Crippen LogP contribution in [0.5, 0.6) is 0 Å². The third-order valence-electron chi connectivity index (χ3n) is 3.89. The molecule has 0 spiro atoms. The normalized spacial score (nSPS) is 10.9. The molecule has 0 amide bonds. The molecule has 4 aromatic rings. The third-order valence-corrected chi connectivity index (χ3v) is 4.14. The highest BCUT2D eigenvalue weighted by Gasteiger charge is 2.14. The molecule has 27 heavy (non-hydrogen) atoms. The van der Waals surface area contributed by atoms with Crippen LogP contribution in [-0.4, -0.2) is 19.9 Å². The van der Waals surface area contributed by atoms with Gasteiger partial charge in [0, 0.05) is 22.2 Å². The van der Waals surface area contributed by atoms with E-state index in [1.54, 1.807) is 42.5 Å². The second kappa shape index (κ2) is 7.13. The van der Waals surface area contributed by atoms with E-state index in [2.05, 4.69) is 15.2 Å². The lowest BCUT2D eigenvalue weighted by Gasteiger charge is -2.06. The molecule has 8 heteroatoms. The Kier molecular flexibility index (Phi) is 4.52. The summed E-state index contributed by atoms with van der Waals surface area (Å²) in [5.41, 5.74) is 1.05. The van der Waals surface area contributed by atoms with Crippen molar-refractivity contribution < 1.29 is 8.91 Å². The minimum absolute atomic E-state index is 0.00246. The summed E-state index contributed by atoms with van der Waals surface area (Å²) in [6.45, 7) is -0.00246. The fourth-order valence-electron chi connectivity index (χ4n) is 2.51. The number of nitrogens with zero attached hydrogens (tertiary/aromatic N) is 4. The zero-order valence-electron chi connectivity index (χ0n) is 13.8. The van der Waals surface area contributed by atoms with Gasteiger partial charge in [0.15, 0.2) is 0 Å². The Labute approximate surface area is 157 Å². The van der Waals surface area contributed by atoms with Crippen molar-refractivity contribution in [2.75, 3.05) is 0 Å². The molecule has 4 rings (SSSR count). The standard InChI is InChI=1S/C19H12ClFN4O2/c20-14-7-5-12(6-8-14)18-22-19(27-24-18)16-9-10-17(26)25(23-16)11-13-3-1-2-4-15(13)21/h1-10H,11H2. The van der Waals surface area contributed by atoms with Crippen molar-refractivity contribution in [3.05, 3.63) is 87.4 Å². The average Bonchev–Trinajstić information content (AvgIpc) is 3.16. The van der Waals surface area contributed by atoms with Crippen LogP contribution in [0.25, 0.3) is 23.0 Å². The first-order valence-electron chi connectivity index (χ1n) is 8.02. The zero-order valence-corrected chi connectivity index (χ0v) is 14.6. The van der Waals surface area contributed by atoms with E-state index in [-0.39, 0.29) is 18.0 Å². The molecule has 0 aliphatic carbocycles. The number of aromatic nitrogens is 4. The lowest BCUT2D eigenvalue weighted by molar-refractivity contribution is 0.429. The van der Waals surface area contributed by atoms with Crippen molar-refractivity contribution in [3.8, 4) is 23.0 Å². The largest absolute Gasteiger partial charge is 0.332 e. The first-order valence-corrected chi connectivity index (χ1v) is 8.39.